The maximum absolute atomic E-state index is 13.7. The molecule has 0 bridgehead atoms. The number of nitrogens with one attached hydrogen (secondary N) is 3. The Morgan fingerprint density at radius 1 is 1.02 bits per heavy atom. The van der Waals surface area contributed by atoms with Gasteiger partial charge in [0.05, 0.1) is 17.5 Å². The third-order valence-electron chi connectivity index (χ3n) is 7.49. The first-order valence-electron chi connectivity index (χ1n) is 13.9. The number of anilines is 2. The fourth-order valence-corrected chi connectivity index (χ4v) is 5.05. The molecule has 0 unspecified atom stereocenters. The van der Waals surface area contributed by atoms with E-state index in [2.05, 4.69) is 30.9 Å². The molecule has 12 heteroatoms. The summed E-state index contributed by atoms with van der Waals surface area (Å²) in [5.74, 6) is -0.120. The van der Waals surface area contributed by atoms with Crippen molar-refractivity contribution >= 4 is 29.0 Å². The maximum atomic E-state index is 13.7. The average molecular weight is 578 g/mol. The number of halogens is 3. The van der Waals surface area contributed by atoms with Crippen LogP contribution in [0.5, 0.6) is 0 Å². The standard InChI is InChI=1S/C30H30F3N7O2/c1-18-2-3-21(14-24(18)25-6-7-27-36-26(17-40(27)38-25)37-28(41)20-4-5-20)29(42)35-23-13-19(12-22(15-23)30(31,32)33)16-39-10-8-34-9-11-39/h2-3,6-7,12-15,17,20,34H,4-5,8-11,16H2,1H3,(H,35,42)(H,37,41). The summed E-state index contributed by atoms with van der Waals surface area (Å²) in [6, 6.07) is 12.3. The van der Waals surface area contributed by atoms with Crippen LogP contribution < -0.4 is 16.0 Å². The third-order valence-corrected chi connectivity index (χ3v) is 7.49. The van der Waals surface area contributed by atoms with Crippen molar-refractivity contribution in [2.75, 3.05) is 36.8 Å². The Bertz CT molecular complexity index is 1660. The van der Waals surface area contributed by atoms with Gasteiger partial charge in [-0.1, -0.05) is 6.07 Å². The minimum absolute atomic E-state index is 0.0459. The van der Waals surface area contributed by atoms with Crippen molar-refractivity contribution in [2.45, 2.75) is 32.5 Å². The third kappa shape index (κ3) is 6.29. The summed E-state index contributed by atoms with van der Waals surface area (Å²) in [6.07, 6.45) is -1.14. The topological polar surface area (TPSA) is 104 Å². The van der Waals surface area contributed by atoms with Crippen LogP contribution in [-0.4, -0.2) is 57.5 Å². The molecule has 3 N–H and O–H groups in total. The Hall–Kier alpha value is -4.29. The van der Waals surface area contributed by atoms with Gasteiger partial charge in [0.15, 0.2) is 11.5 Å². The lowest BCUT2D eigenvalue weighted by atomic mass is 10.0. The van der Waals surface area contributed by atoms with Gasteiger partial charge in [0, 0.05) is 55.5 Å². The lowest BCUT2D eigenvalue weighted by Gasteiger charge is -2.27. The first-order chi connectivity index (χ1) is 20.1. The maximum Gasteiger partial charge on any atom is 0.416 e. The highest BCUT2D eigenvalue weighted by Gasteiger charge is 2.32. The summed E-state index contributed by atoms with van der Waals surface area (Å²) >= 11 is 0. The van der Waals surface area contributed by atoms with Gasteiger partial charge in [0.25, 0.3) is 5.91 Å². The molecule has 9 nitrogen and oxygen atoms in total. The average Bonchev–Trinajstić information content (AvgIpc) is 3.73. The summed E-state index contributed by atoms with van der Waals surface area (Å²) in [6.45, 7) is 5.27. The van der Waals surface area contributed by atoms with Gasteiger partial charge in [-0.2, -0.15) is 18.3 Å². The van der Waals surface area contributed by atoms with Crippen LogP contribution in [0, 0.1) is 12.8 Å². The number of benzene rings is 2. The zero-order valence-electron chi connectivity index (χ0n) is 23.0. The molecule has 1 aliphatic carbocycles. The fraction of sp³-hybridized carbons (Fsp3) is 0.333. The number of aromatic nitrogens is 3. The highest BCUT2D eigenvalue weighted by Crippen LogP contribution is 2.33. The van der Waals surface area contributed by atoms with Crippen LogP contribution in [-0.2, 0) is 17.5 Å². The van der Waals surface area contributed by atoms with E-state index in [9.17, 15) is 22.8 Å². The van der Waals surface area contributed by atoms with Crippen LogP contribution >= 0.6 is 0 Å². The van der Waals surface area contributed by atoms with E-state index >= 15 is 0 Å². The molecule has 2 aliphatic rings. The van der Waals surface area contributed by atoms with Gasteiger partial charge >= 0.3 is 6.18 Å². The first kappa shape index (κ1) is 27.9. The summed E-state index contributed by atoms with van der Waals surface area (Å²) in [5.41, 5.74) is 2.71. The molecular weight excluding hydrogens is 547 g/mol. The van der Waals surface area contributed by atoms with Gasteiger partial charge in [-0.15, -0.1) is 0 Å². The summed E-state index contributed by atoms with van der Waals surface area (Å²) in [7, 11) is 0. The van der Waals surface area contributed by atoms with Crippen molar-refractivity contribution in [2.24, 2.45) is 5.92 Å². The number of nitrogens with zero attached hydrogens (tertiary/aromatic N) is 4. The minimum atomic E-state index is -4.55. The fourth-order valence-electron chi connectivity index (χ4n) is 5.05. The van der Waals surface area contributed by atoms with Gasteiger partial charge in [0.2, 0.25) is 5.91 Å². The summed E-state index contributed by atoms with van der Waals surface area (Å²) in [5, 5.41) is 13.3. The number of carbonyl (C=O) groups excluding carboxylic acids is 2. The number of carbonyl (C=O) groups is 2. The molecule has 1 saturated heterocycles. The van der Waals surface area contributed by atoms with Crippen molar-refractivity contribution in [1.82, 2.24) is 24.8 Å². The number of piperazine rings is 1. The summed E-state index contributed by atoms with van der Waals surface area (Å²) in [4.78, 5) is 31.9. The Balaban J connectivity index is 1.24. The molecule has 1 saturated carbocycles. The van der Waals surface area contributed by atoms with Crippen LogP contribution in [0.2, 0.25) is 0 Å². The number of hydrogen-bond donors (Lipinski definition) is 3. The number of hydrogen-bond acceptors (Lipinski definition) is 6. The number of alkyl halides is 3. The molecule has 2 aromatic heterocycles. The van der Waals surface area contributed by atoms with Crippen molar-refractivity contribution in [3.8, 4) is 11.3 Å². The van der Waals surface area contributed by atoms with E-state index in [1.165, 1.54) is 0 Å². The number of amides is 2. The van der Waals surface area contributed by atoms with E-state index in [-0.39, 0.29) is 23.1 Å². The molecule has 4 aromatic rings. The number of aryl methyl sites for hydroxylation is 1. The van der Waals surface area contributed by atoms with Gasteiger partial charge in [0.1, 0.15) is 0 Å². The van der Waals surface area contributed by atoms with Crippen LogP contribution in [0.4, 0.5) is 24.7 Å². The predicted octanol–water partition coefficient (Wildman–Crippen LogP) is 4.73. The summed E-state index contributed by atoms with van der Waals surface area (Å²) < 4.78 is 42.7. The highest BCUT2D eigenvalue weighted by atomic mass is 19.4. The predicted molar refractivity (Wildman–Crippen MR) is 152 cm³/mol. The van der Waals surface area contributed by atoms with Crippen molar-refractivity contribution in [1.29, 1.82) is 0 Å². The van der Waals surface area contributed by atoms with E-state index in [0.717, 1.165) is 56.7 Å². The molecule has 42 heavy (non-hydrogen) atoms. The quantitative estimate of drug-likeness (QED) is 0.294. The van der Waals surface area contributed by atoms with Crippen LogP contribution in [0.15, 0.2) is 54.7 Å². The van der Waals surface area contributed by atoms with Gasteiger partial charge in [-0.3, -0.25) is 14.5 Å². The smallest absolute Gasteiger partial charge is 0.322 e. The largest absolute Gasteiger partial charge is 0.416 e. The molecule has 218 valence electrons. The van der Waals surface area contributed by atoms with E-state index in [1.807, 2.05) is 6.92 Å². The minimum Gasteiger partial charge on any atom is -0.322 e. The molecule has 6 rings (SSSR count). The molecule has 0 radical (unpaired) electrons. The molecular formula is C30H30F3N7O2. The highest BCUT2D eigenvalue weighted by molar-refractivity contribution is 6.05. The van der Waals surface area contributed by atoms with E-state index < -0.39 is 17.6 Å². The second-order valence-corrected chi connectivity index (χ2v) is 10.8. The van der Waals surface area contributed by atoms with Crippen LogP contribution in [0.1, 0.15) is 39.9 Å². The number of rotatable bonds is 7. The van der Waals surface area contributed by atoms with E-state index in [0.29, 0.717) is 34.8 Å². The Morgan fingerprint density at radius 2 is 1.81 bits per heavy atom. The number of fused-ring (bicyclic) bond motifs is 1. The zero-order chi connectivity index (χ0) is 29.4. The zero-order valence-corrected chi connectivity index (χ0v) is 23.0. The second kappa shape index (κ2) is 11.2. The number of imidazole rings is 1. The normalized spacial score (nSPS) is 16.0. The molecule has 2 aromatic carbocycles. The van der Waals surface area contributed by atoms with Gasteiger partial charge in [-0.25, -0.2) is 9.50 Å². The lowest BCUT2D eigenvalue weighted by Crippen LogP contribution is -2.42. The molecule has 0 atom stereocenters. The van der Waals surface area contributed by atoms with E-state index in [1.54, 1.807) is 47.1 Å². The first-order valence-corrected chi connectivity index (χ1v) is 13.9. The van der Waals surface area contributed by atoms with Crippen molar-refractivity contribution < 1.29 is 22.8 Å². The van der Waals surface area contributed by atoms with Crippen LogP contribution in [0.3, 0.4) is 0 Å². The molecule has 2 amide bonds. The Labute approximate surface area is 240 Å². The van der Waals surface area contributed by atoms with Crippen molar-refractivity contribution in [3.63, 3.8) is 0 Å². The molecule has 0 spiro atoms. The van der Waals surface area contributed by atoms with E-state index in [4.69, 9.17) is 0 Å². The monoisotopic (exact) mass is 577 g/mol. The second-order valence-electron chi connectivity index (χ2n) is 10.8. The van der Waals surface area contributed by atoms with Gasteiger partial charge < -0.3 is 16.0 Å². The SMILES string of the molecule is Cc1ccc(C(=O)Nc2cc(CN3CCNCC3)cc(C(F)(F)F)c2)cc1-c1ccc2nc(NC(=O)C3CC3)cn2n1. The Morgan fingerprint density at radius 3 is 2.55 bits per heavy atom. The Kier molecular flexibility index (Phi) is 7.42. The molecule has 2 fully saturated rings. The lowest BCUT2D eigenvalue weighted by molar-refractivity contribution is -0.137. The molecule has 1 aliphatic heterocycles. The van der Waals surface area contributed by atoms with Gasteiger partial charge in [-0.05, 0) is 73.4 Å². The van der Waals surface area contributed by atoms with Crippen LogP contribution in [0.25, 0.3) is 16.9 Å². The molecule has 3 heterocycles. The van der Waals surface area contributed by atoms with Crippen molar-refractivity contribution in [3.05, 3.63) is 77.0 Å².